The standard InChI is InChI=1S/C12H17BrO2/c1-3-14-12(15-4-2)9-10-5-7-11(13)8-6-10/h5-8,12H,3-4,9H2,1-2H3. The largest absolute Gasteiger partial charge is 0.353 e. The van der Waals surface area contributed by atoms with Crippen LogP contribution in [-0.4, -0.2) is 19.5 Å². The molecule has 0 aromatic heterocycles. The lowest BCUT2D eigenvalue weighted by molar-refractivity contribution is -0.134. The number of hydrogen-bond donors (Lipinski definition) is 0. The molecule has 0 bridgehead atoms. The first-order valence-electron chi connectivity index (χ1n) is 5.24. The zero-order valence-electron chi connectivity index (χ0n) is 9.20. The molecule has 1 aromatic rings. The van der Waals surface area contributed by atoms with Crippen molar-refractivity contribution in [2.24, 2.45) is 0 Å². The van der Waals surface area contributed by atoms with Crippen LogP contribution in [0.5, 0.6) is 0 Å². The van der Waals surface area contributed by atoms with Gasteiger partial charge in [0.1, 0.15) is 0 Å². The molecule has 2 nitrogen and oxygen atoms in total. The van der Waals surface area contributed by atoms with E-state index in [1.165, 1.54) is 5.56 Å². The minimum absolute atomic E-state index is 0.124. The lowest BCUT2D eigenvalue weighted by atomic mass is 10.1. The topological polar surface area (TPSA) is 18.5 Å². The van der Waals surface area contributed by atoms with E-state index in [0.29, 0.717) is 13.2 Å². The molecule has 0 saturated heterocycles. The van der Waals surface area contributed by atoms with Gasteiger partial charge in [0, 0.05) is 24.1 Å². The molecule has 0 fully saturated rings. The molecule has 0 saturated carbocycles. The molecule has 0 N–H and O–H groups in total. The summed E-state index contributed by atoms with van der Waals surface area (Å²) in [5, 5.41) is 0. The Hall–Kier alpha value is -0.380. The van der Waals surface area contributed by atoms with Crippen LogP contribution in [0.1, 0.15) is 19.4 Å². The number of rotatable bonds is 6. The van der Waals surface area contributed by atoms with Gasteiger partial charge in [-0.2, -0.15) is 0 Å². The first kappa shape index (κ1) is 12.7. The van der Waals surface area contributed by atoms with E-state index < -0.39 is 0 Å². The summed E-state index contributed by atoms with van der Waals surface area (Å²) in [6.07, 6.45) is 0.677. The van der Waals surface area contributed by atoms with Gasteiger partial charge < -0.3 is 9.47 Å². The van der Waals surface area contributed by atoms with Crippen molar-refractivity contribution < 1.29 is 9.47 Å². The second-order valence-electron chi connectivity index (χ2n) is 3.17. The molecule has 0 spiro atoms. The van der Waals surface area contributed by atoms with Gasteiger partial charge in [-0.1, -0.05) is 28.1 Å². The highest BCUT2D eigenvalue weighted by molar-refractivity contribution is 9.10. The van der Waals surface area contributed by atoms with Gasteiger partial charge in [0.05, 0.1) is 0 Å². The second kappa shape index (κ2) is 6.99. The van der Waals surface area contributed by atoms with Crippen molar-refractivity contribution in [3.8, 4) is 0 Å². The molecule has 0 aliphatic carbocycles. The summed E-state index contributed by atoms with van der Waals surface area (Å²) in [6.45, 7) is 5.32. The van der Waals surface area contributed by atoms with Gasteiger partial charge in [0.25, 0.3) is 0 Å². The maximum absolute atomic E-state index is 5.48. The van der Waals surface area contributed by atoms with Crippen LogP contribution in [0.3, 0.4) is 0 Å². The predicted molar refractivity (Wildman–Crippen MR) is 64.9 cm³/mol. The highest BCUT2D eigenvalue weighted by Gasteiger charge is 2.08. The number of ether oxygens (including phenoxy) is 2. The van der Waals surface area contributed by atoms with Crippen LogP contribution < -0.4 is 0 Å². The summed E-state index contributed by atoms with van der Waals surface area (Å²) in [4.78, 5) is 0. The average Bonchev–Trinajstić information content (AvgIpc) is 2.22. The van der Waals surface area contributed by atoms with Gasteiger partial charge in [0.2, 0.25) is 0 Å². The van der Waals surface area contributed by atoms with Crippen LogP contribution in [0, 0.1) is 0 Å². The van der Waals surface area contributed by atoms with Crippen molar-refractivity contribution in [1.29, 1.82) is 0 Å². The summed E-state index contributed by atoms with van der Waals surface area (Å²) >= 11 is 3.41. The molecule has 0 aliphatic heterocycles. The fourth-order valence-corrected chi connectivity index (χ4v) is 1.62. The van der Waals surface area contributed by atoms with Crippen molar-refractivity contribution in [1.82, 2.24) is 0 Å². The zero-order chi connectivity index (χ0) is 11.1. The number of hydrogen-bond acceptors (Lipinski definition) is 2. The molecular formula is C12H17BrO2. The zero-order valence-corrected chi connectivity index (χ0v) is 10.8. The molecular weight excluding hydrogens is 256 g/mol. The lowest BCUT2D eigenvalue weighted by Gasteiger charge is -2.16. The van der Waals surface area contributed by atoms with Gasteiger partial charge in [-0.05, 0) is 31.5 Å². The van der Waals surface area contributed by atoms with Gasteiger partial charge in [-0.3, -0.25) is 0 Å². The van der Waals surface area contributed by atoms with Crippen molar-refractivity contribution >= 4 is 15.9 Å². The second-order valence-corrected chi connectivity index (χ2v) is 4.09. The molecule has 0 radical (unpaired) electrons. The van der Waals surface area contributed by atoms with E-state index in [-0.39, 0.29) is 6.29 Å². The third-order valence-electron chi connectivity index (χ3n) is 2.02. The SMILES string of the molecule is CCOC(Cc1ccc(Br)cc1)OCC. The molecule has 0 amide bonds. The van der Waals surface area contributed by atoms with Crippen molar-refractivity contribution in [3.63, 3.8) is 0 Å². The molecule has 15 heavy (non-hydrogen) atoms. The summed E-state index contributed by atoms with van der Waals surface area (Å²) in [5.41, 5.74) is 1.23. The van der Waals surface area contributed by atoms with E-state index in [2.05, 4.69) is 28.1 Å². The Morgan fingerprint density at radius 1 is 1.07 bits per heavy atom. The minimum Gasteiger partial charge on any atom is -0.353 e. The van der Waals surface area contributed by atoms with E-state index in [1.807, 2.05) is 26.0 Å². The van der Waals surface area contributed by atoms with E-state index >= 15 is 0 Å². The monoisotopic (exact) mass is 272 g/mol. The number of benzene rings is 1. The molecule has 3 heteroatoms. The molecule has 0 atom stereocenters. The fourth-order valence-electron chi connectivity index (χ4n) is 1.35. The maximum Gasteiger partial charge on any atom is 0.161 e. The quantitative estimate of drug-likeness (QED) is 0.740. The first-order valence-corrected chi connectivity index (χ1v) is 6.03. The summed E-state index contributed by atoms with van der Waals surface area (Å²) in [5.74, 6) is 0. The van der Waals surface area contributed by atoms with Crippen LogP contribution in [-0.2, 0) is 15.9 Å². The molecule has 1 aromatic carbocycles. The van der Waals surface area contributed by atoms with Gasteiger partial charge in [0.15, 0.2) is 6.29 Å². The van der Waals surface area contributed by atoms with Crippen molar-refractivity contribution in [3.05, 3.63) is 34.3 Å². The van der Waals surface area contributed by atoms with Gasteiger partial charge >= 0.3 is 0 Å². The van der Waals surface area contributed by atoms with Crippen LogP contribution in [0.25, 0.3) is 0 Å². The Labute approximate surface area is 99.7 Å². The third-order valence-corrected chi connectivity index (χ3v) is 2.55. The Morgan fingerprint density at radius 2 is 1.60 bits per heavy atom. The van der Waals surface area contributed by atoms with Crippen molar-refractivity contribution in [2.45, 2.75) is 26.6 Å². The van der Waals surface area contributed by atoms with Crippen LogP contribution in [0.15, 0.2) is 28.7 Å². The van der Waals surface area contributed by atoms with Gasteiger partial charge in [-0.25, -0.2) is 0 Å². The normalized spacial score (nSPS) is 10.9. The predicted octanol–water partition coefficient (Wildman–Crippen LogP) is 3.39. The smallest absolute Gasteiger partial charge is 0.161 e. The molecule has 0 unspecified atom stereocenters. The molecule has 0 aliphatic rings. The van der Waals surface area contributed by atoms with Crippen LogP contribution in [0.2, 0.25) is 0 Å². The fraction of sp³-hybridized carbons (Fsp3) is 0.500. The van der Waals surface area contributed by atoms with E-state index in [9.17, 15) is 0 Å². The Balaban J connectivity index is 2.53. The third kappa shape index (κ3) is 4.78. The molecule has 84 valence electrons. The molecule has 1 rings (SSSR count). The highest BCUT2D eigenvalue weighted by Crippen LogP contribution is 2.13. The van der Waals surface area contributed by atoms with Crippen LogP contribution >= 0.6 is 15.9 Å². The Kier molecular flexibility index (Phi) is 5.91. The average molecular weight is 273 g/mol. The van der Waals surface area contributed by atoms with E-state index in [4.69, 9.17) is 9.47 Å². The molecule has 0 heterocycles. The summed E-state index contributed by atoms with van der Waals surface area (Å²) in [6, 6.07) is 8.22. The minimum atomic E-state index is -0.124. The Morgan fingerprint density at radius 3 is 2.07 bits per heavy atom. The first-order chi connectivity index (χ1) is 7.26. The summed E-state index contributed by atoms with van der Waals surface area (Å²) < 4.78 is 12.1. The number of halogens is 1. The Bertz CT molecular complexity index is 265. The maximum atomic E-state index is 5.48. The van der Waals surface area contributed by atoms with E-state index in [0.717, 1.165) is 10.9 Å². The van der Waals surface area contributed by atoms with Gasteiger partial charge in [-0.15, -0.1) is 0 Å². The highest BCUT2D eigenvalue weighted by atomic mass is 79.9. The summed E-state index contributed by atoms with van der Waals surface area (Å²) in [7, 11) is 0. The lowest BCUT2D eigenvalue weighted by Crippen LogP contribution is -2.20. The van der Waals surface area contributed by atoms with Crippen molar-refractivity contribution in [2.75, 3.05) is 13.2 Å². The van der Waals surface area contributed by atoms with Crippen LogP contribution in [0.4, 0.5) is 0 Å². The van der Waals surface area contributed by atoms with E-state index in [1.54, 1.807) is 0 Å².